The van der Waals surface area contributed by atoms with Gasteiger partial charge in [-0.3, -0.25) is 9.80 Å². The Bertz CT molecular complexity index is 520. The van der Waals surface area contributed by atoms with Crippen LogP contribution in [0.15, 0.2) is 12.1 Å². The number of morpholine rings is 1. The van der Waals surface area contributed by atoms with E-state index in [2.05, 4.69) is 40.3 Å². The van der Waals surface area contributed by atoms with Gasteiger partial charge in [0.05, 0.1) is 19.8 Å². The first-order chi connectivity index (χ1) is 11.6. The fourth-order valence-electron chi connectivity index (χ4n) is 3.19. The number of ether oxygens (including phenoxy) is 2. The maximum absolute atomic E-state index is 12.6. The summed E-state index contributed by atoms with van der Waals surface area (Å²) in [6.07, 6.45) is 0. The van der Waals surface area contributed by atoms with E-state index in [-0.39, 0.29) is 12.0 Å². The van der Waals surface area contributed by atoms with Crippen LogP contribution in [0.25, 0.3) is 0 Å². The van der Waals surface area contributed by atoms with Gasteiger partial charge in [0.1, 0.15) is 6.04 Å². The van der Waals surface area contributed by atoms with Crippen molar-refractivity contribution in [3.05, 3.63) is 23.5 Å². The van der Waals surface area contributed by atoms with Gasteiger partial charge in [-0.1, -0.05) is 13.8 Å². The quantitative estimate of drug-likeness (QED) is 0.677. The smallest absolute Gasteiger partial charge is 0.329 e. The summed E-state index contributed by atoms with van der Waals surface area (Å²) in [6.45, 7) is 12.3. The van der Waals surface area contributed by atoms with Gasteiger partial charge in [0.15, 0.2) is 0 Å². The molecule has 0 spiro atoms. The van der Waals surface area contributed by atoms with E-state index >= 15 is 0 Å². The maximum atomic E-state index is 12.6. The van der Waals surface area contributed by atoms with E-state index in [9.17, 15) is 4.79 Å². The molecule has 0 amide bonds. The summed E-state index contributed by atoms with van der Waals surface area (Å²) in [5.74, 6) is -0.171. The summed E-state index contributed by atoms with van der Waals surface area (Å²) in [5.41, 5.74) is 2.22. The Morgan fingerprint density at radius 1 is 1.25 bits per heavy atom. The van der Waals surface area contributed by atoms with E-state index in [1.54, 1.807) is 0 Å². The van der Waals surface area contributed by atoms with Crippen LogP contribution in [0.4, 0.5) is 0 Å². The lowest BCUT2D eigenvalue weighted by Crippen LogP contribution is -2.43. The predicted octanol–water partition coefficient (Wildman–Crippen LogP) is 1.80. The third-order valence-corrected chi connectivity index (χ3v) is 4.75. The van der Waals surface area contributed by atoms with Crippen LogP contribution in [-0.2, 0) is 27.9 Å². The minimum absolute atomic E-state index is 0.171. The number of hydrogen-bond acceptors (Lipinski definition) is 5. The third kappa shape index (κ3) is 4.37. The number of carbonyl (C=O) groups excluding carboxylic acids is 1. The second-order valence-corrected chi connectivity index (χ2v) is 6.07. The molecule has 6 nitrogen and oxygen atoms in total. The Kier molecular flexibility index (Phi) is 7.27. The average molecular weight is 337 g/mol. The first kappa shape index (κ1) is 19.0. The van der Waals surface area contributed by atoms with E-state index in [1.807, 2.05) is 14.0 Å². The van der Waals surface area contributed by atoms with E-state index in [0.717, 1.165) is 38.4 Å². The van der Waals surface area contributed by atoms with Crippen LogP contribution in [0, 0.1) is 0 Å². The molecule has 6 heteroatoms. The molecular weight excluding hydrogens is 306 g/mol. The number of aromatic nitrogens is 1. The molecule has 136 valence electrons. The lowest BCUT2D eigenvalue weighted by molar-refractivity contribution is -0.152. The van der Waals surface area contributed by atoms with Crippen molar-refractivity contribution in [3.8, 4) is 0 Å². The van der Waals surface area contributed by atoms with Crippen molar-refractivity contribution in [2.75, 3.05) is 46.0 Å². The van der Waals surface area contributed by atoms with Crippen LogP contribution >= 0.6 is 0 Å². The number of hydrogen-bond donors (Lipinski definition) is 0. The molecule has 0 aromatic carbocycles. The summed E-state index contributed by atoms with van der Waals surface area (Å²) in [4.78, 5) is 17.1. The van der Waals surface area contributed by atoms with Crippen molar-refractivity contribution >= 4 is 5.97 Å². The lowest BCUT2D eigenvalue weighted by Gasteiger charge is -2.33. The van der Waals surface area contributed by atoms with Crippen molar-refractivity contribution in [2.45, 2.75) is 33.4 Å². The molecule has 1 aromatic rings. The molecule has 0 bridgehead atoms. The molecule has 1 fully saturated rings. The van der Waals surface area contributed by atoms with Crippen molar-refractivity contribution in [1.82, 2.24) is 14.4 Å². The van der Waals surface area contributed by atoms with Gasteiger partial charge in [-0.2, -0.15) is 0 Å². The molecule has 1 atom stereocenters. The summed E-state index contributed by atoms with van der Waals surface area (Å²) in [6, 6.07) is 3.83. The summed E-state index contributed by atoms with van der Waals surface area (Å²) >= 11 is 0. The second-order valence-electron chi connectivity index (χ2n) is 6.07. The van der Waals surface area contributed by atoms with Crippen LogP contribution in [0.3, 0.4) is 0 Å². The SMILES string of the molecule is CCOC(=O)C(c1ccc(CN(CC)CC)n1C)N1CCOCC1. The molecule has 1 aliphatic rings. The number of esters is 1. The molecular formula is C18H31N3O3. The zero-order valence-corrected chi connectivity index (χ0v) is 15.5. The Balaban J connectivity index is 2.25. The molecule has 1 saturated heterocycles. The standard InChI is InChI=1S/C18H31N3O3/c1-5-20(6-2)14-15-8-9-16(19(15)4)17(18(22)24-7-3)21-10-12-23-13-11-21/h8-9,17H,5-7,10-14H2,1-4H3. The van der Waals surface area contributed by atoms with Gasteiger partial charge >= 0.3 is 5.97 Å². The molecule has 1 unspecified atom stereocenters. The van der Waals surface area contributed by atoms with Crippen molar-refractivity contribution in [3.63, 3.8) is 0 Å². The molecule has 24 heavy (non-hydrogen) atoms. The maximum Gasteiger partial charge on any atom is 0.329 e. The van der Waals surface area contributed by atoms with Gasteiger partial charge in [-0.25, -0.2) is 4.79 Å². The average Bonchev–Trinajstić information content (AvgIpc) is 2.95. The van der Waals surface area contributed by atoms with Gasteiger partial charge in [0.2, 0.25) is 0 Å². The minimum Gasteiger partial charge on any atom is -0.465 e. The predicted molar refractivity (Wildman–Crippen MR) is 93.8 cm³/mol. The summed E-state index contributed by atoms with van der Waals surface area (Å²) < 4.78 is 12.9. The fraction of sp³-hybridized carbons (Fsp3) is 0.722. The summed E-state index contributed by atoms with van der Waals surface area (Å²) in [7, 11) is 2.04. The van der Waals surface area contributed by atoms with Crippen LogP contribution in [0.2, 0.25) is 0 Å². The van der Waals surface area contributed by atoms with Gasteiger partial charge in [0.25, 0.3) is 0 Å². The van der Waals surface area contributed by atoms with E-state index in [0.29, 0.717) is 19.8 Å². The monoisotopic (exact) mass is 337 g/mol. The zero-order valence-electron chi connectivity index (χ0n) is 15.5. The molecule has 2 rings (SSSR count). The minimum atomic E-state index is -0.357. The summed E-state index contributed by atoms with van der Waals surface area (Å²) in [5, 5.41) is 0. The number of nitrogens with zero attached hydrogens (tertiary/aromatic N) is 3. The largest absolute Gasteiger partial charge is 0.465 e. The lowest BCUT2D eigenvalue weighted by atomic mass is 10.1. The molecule has 0 saturated carbocycles. The Hall–Kier alpha value is -1.37. The second kappa shape index (κ2) is 9.20. The van der Waals surface area contributed by atoms with Crippen molar-refractivity contribution < 1.29 is 14.3 Å². The molecule has 0 aliphatic carbocycles. The zero-order chi connectivity index (χ0) is 17.5. The van der Waals surface area contributed by atoms with Gasteiger partial charge in [-0.05, 0) is 32.1 Å². The highest BCUT2D eigenvalue weighted by molar-refractivity contribution is 5.77. The molecule has 1 aliphatic heterocycles. The topological polar surface area (TPSA) is 46.9 Å². The normalized spacial score (nSPS) is 17.2. The molecule has 0 radical (unpaired) electrons. The highest BCUT2D eigenvalue weighted by Gasteiger charge is 2.32. The van der Waals surface area contributed by atoms with Gasteiger partial charge in [0, 0.05) is 38.1 Å². The molecule has 0 N–H and O–H groups in total. The van der Waals surface area contributed by atoms with Gasteiger partial charge < -0.3 is 14.0 Å². The fourth-order valence-corrected chi connectivity index (χ4v) is 3.19. The highest BCUT2D eigenvalue weighted by Crippen LogP contribution is 2.25. The first-order valence-electron chi connectivity index (χ1n) is 8.97. The first-order valence-corrected chi connectivity index (χ1v) is 8.97. The Morgan fingerprint density at radius 2 is 1.92 bits per heavy atom. The third-order valence-electron chi connectivity index (χ3n) is 4.75. The van der Waals surface area contributed by atoms with E-state index < -0.39 is 0 Å². The number of rotatable bonds is 8. The van der Waals surface area contributed by atoms with Crippen molar-refractivity contribution in [2.24, 2.45) is 7.05 Å². The Morgan fingerprint density at radius 3 is 2.50 bits per heavy atom. The van der Waals surface area contributed by atoms with Crippen molar-refractivity contribution in [1.29, 1.82) is 0 Å². The Labute approximate surface area is 145 Å². The van der Waals surface area contributed by atoms with Crippen LogP contribution < -0.4 is 0 Å². The van der Waals surface area contributed by atoms with Gasteiger partial charge in [-0.15, -0.1) is 0 Å². The molecule has 1 aromatic heterocycles. The molecule has 2 heterocycles. The van der Waals surface area contributed by atoms with Crippen LogP contribution in [0.1, 0.15) is 38.2 Å². The number of carbonyl (C=O) groups is 1. The van der Waals surface area contributed by atoms with Crippen LogP contribution in [0.5, 0.6) is 0 Å². The van der Waals surface area contributed by atoms with E-state index in [4.69, 9.17) is 9.47 Å². The van der Waals surface area contributed by atoms with E-state index in [1.165, 1.54) is 5.69 Å². The van der Waals surface area contributed by atoms with Crippen LogP contribution in [-0.4, -0.2) is 66.3 Å². The highest BCUT2D eigenvalue weighted by atomic mass is 16.5.